The fourth-order valence-corrected chi connectivity index (χ4v) is 2.99. The van der Waals surface area contributed by atoms with Gasteiger partial charge in [-0.1, -0.05) is 18.2 Å². The molecule has 0 bridgehead atoms. The Kier molecular flexibility index (Phi) is 4.21. The number of carbonyl (C=O) groups excluding carboxylic acids is 1. The Morgan fingerprint density at radius 3 is 2.65 bits per heavy atom. The van der Waals surface area contributed by atoms with E-state index in [0.717, 1.165) is 16.8 Å². The van der Waals surface area contributed by atoms with Crippen LogP contribution in [-0.4, -0.2) is 21.1 Å². The van der Waals surface area contributed by atoms with Gasteiger partial charge in [0.05, 0.1) is 6.04 Å². The van der Waals surface area contributed by atoms with Crippen molar-refractivity contribution < 1.29 is 4.79 Å². The number of nitrogens with two attached hydrogens (primary N) is 1. The molecule has 1 unspecified atom stereocenters. The number of benzene rings is 1. The molecule has 2 aromatic heterocycles. The van der Waals surface area contributed by atoms with Crippen LogP contribution in [0.3, 0.4) is 0 Å². The Labute approximate surface area is 135 Å². The molecule has 2 heterocycles. The molecule has 1 atom stereocenters. The van der Waals surface area contributed by atoms with Crippen molar-refractivity contribution in [2.24, 2.45) is 19.8 Å². The molecule has 3 N–H and O–H groups in total. The summed E-state index contributed by atoms with van der Waals surface area (Å²) in [6.07, 6.45) is 4.65. The van der Waals surface area contributed by atoms with E-state index in [2.05, 4.69) is 28.2 Å². The first-order valence-corrected chi connectivity index (χ1v) is 7.72. The SMILES string of the molecule is Cn1cccc1CNC(Cc1cn(C)c2ccccc12)C(N)=O. The Morgan fingerprint density at radius 2 is 1.96 bits per heavy atom. The normalized spacial score (nSPS) is 12.6. The minimum atomic E-state index is -0.393. The fraction of sp³-hybridized carbons (Fsp3) is 0.278. The average molecular weight is 310 g/mol. The van der Waals surface area contributed by atoms with Crippen LogP contribution in [0, 0.1) is 0 Å². The molecule has 0 aliphatic rings. The number of hydrogen-bond donors (Lipinski definition) is 2. The number of nitrogens with one attached hydrogen (secondary N) is 1. The highest BCUT2D eigenvalue weighted by Gasteiger charge is 2.18. The van der Waals surface area contributed by atoms with Crippen LogP contribution in [0.25, 0.3) is 10.9 Å². The standard InChI is InChI=1S/C18H22N4O/c1-21-9-5-6-14(21)11-20-16(18(19)23)10-13-12-22(2)17-8-4-3-7-15(13)17/h3-9,12,16,20H,10-11H2,1-2H3,(H2,19,23). The molecule has 3 rings (SSSR count). The molecule has 0 radical (unpaired) electrons. The third kappa shape index (κ3) is 3.14. The Hall–Kier alpha value is -2.53. The quantitative estimate of drug-likeness (QED) is 0.728. The summed E-state index contributed by atoms with van der Waals surface area (Å²) >= 11 is 0. The highest BCUT2D eigenvalue weighted by atomic mass is 16.1. The third-order valence-corrected chi connectivity index (χ3v) is 4.33. The monoisotopic (exact) mass is 310 g/mol. The van der Waals surface area contributed by atoms with Crippen molar-refractivity contribution in [2.45, 2.75) is 19.0 Å². The van der Waals surface area contributed by atoms with Crippen LogP contribution in [-0.2, 0) is 31.9 Å². The maximum absolute atomic E-state index is 11.8. The van der Waals surface area contributed by atoms with Crippen LogP contribution in [0.5, 0.6) is 0 Å². The second kappa shape index (κ2) is 6.30. The van der Waals surface area contributed by atoms with Crippen LogP contribution in [0.2, 0.25) is 0 Å². The summed E-state index contributed by atoms with van der Waals surface area (Å²) in [5.74, 6) is -0.327. The van der Waals surface area contributed by atoms with Crippen molar-refractivity contribution in [3.63, 3.8) is 0 Å². The van der Waals surface area contributed by atoms with E-state index < -0.39 is 6.04 Å². The molecule has 23 heavy (non-hydrogen) atoms. The maximum atomic E-state index is 11.8. The first kappa shape index (κ1) is 15.4. The number of aromatic nitrogens is 2. The lowest BCUT2D eigenvalue weighted by molar-refractivity contribution is -0.120. The smallest absolute Gasteiger partial charge is 0.234 e. The summed E-state index contributed by atoms with van der Waals surface area (Å²) in [5.41, 5.74) is 9.01. The highest BCUT2D eigenvalue weighted by molar-refractivity contribution is 5.86. The minimum Gasteiger partial charge on any atom is -0.368 e. The number of rotatable bonds is 6. The van der Waals surface area contributed by atoms with Gasteiger partial charge in [0, 0.05) is 49.6 Å². The predicted octanol–water partition coefficient (Wildman–Crippen LogP) is 1.70. The van der Waals surface area contributed by atoms with Gasteiger partial charge in [0.1, 0.15) is 0 Å². The van der Waals surface area contributed by atoms with Crippen molar-refractivity contribution in [2.75, 3.05) is 0 Å². The molecule has 120 valence electrons. The first-order valence-electron chi connectivity index (χ1n) is 7.72. The van der Waals surface area contributed by atoms with Gasteiger partial charge in [-0.25, -0.2) is 0 Å². The van der Waals surface area contributed by atoms with Crippen LogP contribution in [0.4, 0.5) is 0 Å². The number of primary amides is 1. The predicted molar refractivity (Wildman–Crippen MR) is 91.9 cm³/mol. The number of aryl methyl sites for hydroxylation is 2. The lowest BCUT2D eigenvalue weighted by atomic mass is 10.0. The number of carbonyl (C=O) groups is 1. The van der Waals surface area contributed by atoms with Gasteiger partial charge in [0.15, 0.2) is 0 Å². The molecule has 0 fully saturated rings. The summed E-state index contributed by atoms with van der Waals surface area (Å²) in [6, 6.07) is 11.8. The highest BCUT2D eigenvalue weighted by Crippen LogP contribution is 2.21. The summed E-state index contributed by atoms with van der Waals surface area (Å²) in [7, 11) is 4.00. The van der Waals surface area contributed by atoms with Crippen LogP contribution >= 0.6 is 0 Å². The zero-order chi connectivity index (χ0) is 16.4. The molecule has 0 saturated carbocycles. The van der Waals surface area contributed by atoms with E-state index in [1.54, 1.807) is 0 Å². The molecule has 0 aliphatic carbocycles. The van der Waals surface area contributed by atoms with Crippen molar-refractivity contribution >= 4 is 16.8 Å². The average Bonchev–Trinajstić information content (AvgIpc) is 3.08. The topological polar surface area (TPSA) is 65.0 Å². The van der Waals surface area contributed by atoms with Gasteiger partial charge in [0.25, 0.3) is 0 Å². The Balaban J connectivity index is 1.79. The maximum Gasteiger partial charge on any atom is 0.234 e. The molecular formula is C18H22N4O. The summed E-state index contributed by atoms with van der Waals surface area (Å²) in [6.45, 7) is 0.613. The third-order valence-electron chi connectivity index (χ3n) is 4.33. The number of fused-ring (bicyclic) bond motifs is 1. The molecule has 1 amide bonds. The molecule has 0 saturated heterocycles. The van der Waals surface area contributed by atoms with Gasteiger partial charge in [-0.15, -0.1) is 0 Å². The van der Waals surface area contributed by atoms with Gasteiger partial charge >= 0.3 is 0 Å². The Bertz CT molecular complexity index is 831. The van der Waals surface area contributed by atoms with E-state index in [1.807, 2.05) is 49.1 Å². The lowest BCUT2D eigenvalue weighted by Gasteiger charge is -2.15. The zero-order valence-electron chi connectivity index (χ0n) is 13.5. The van der Waals surface area contributed by atoms with Crippen molar-refractivity contribution in [3.05, 3.63) is 60.0 Å². The van der Waals surface area contributed by atoms with Crippen molar-refractivity contribution in [1.82, 2.24) is 14.5 Å². The molecular weight excluding hydrogens is 288 g/mol. The first-order chi connectivity index (χ1) is 11.1. The molecule has 1 aromatic carbocycles. The number of hydrogen-bond acceptors (Lipinski definition) is 2. The number of amides is 1. The summed E-state index contributed by atoms with van der Waals surface area (Å²) in [5, 5.41) is 4.45. The summed E-state index contributed by atoms with van der Waals surface area (Å²) < 4.78 is 4.11. The Morgan fingerprint density at radius 1 is 1.17 bits per heavy atom. The van der Waals surface area contributed by atoms with Gasteiger partial charge in [-0.2, -0.15) is 0 Å². The van der Waals surface area contributed by atoms with E-state index in [1.165, 1.54) is 5.39 Å². The van der Waals surface area contributed by atoms with Gasteiger partial charge in [-0.05, 0) is 30.2 Å². The van der Waals surface area contributed by atoms with Crippen molar-refractivity contribution in [1.29, 1.82) is 0 Å². The fourth-order valence-electron chi connectivity index (χ4n) is 2.99. The van der Waals surface area contributed by atoms with E-state index in [9.17, 15) is 4.79 Å². The number of nitrogens with zero attached hydrogens (tertiary/aromatic N) is 2. The second-order valence-corrected chi connectivity index (χ2v) is 5.93. The van der Waals surface area contributed by atoms with Gasteiger partial charge in [-0.3, -0.25) is 10.1 Å². The van der Waals surface area contributed by atoms with Crippen LogP contribution in [0.1, 0.15) is 11.3 Å². The van der Waals surface area contributed by atoms with Gasteiger partial charge in [0.2, 0.25) is 5.91 Å². The van der Waals surface area contributed by atoms with Crippen molar-refractivity contribution in [3.8, 4) is 0 Å². The minimum absolute atomic E-state index is 0.327. The summed E-state index contributed by atoms with van der Waals surface area (Å²) in [4.78, 5) is 11.8. The van der Waals surface area contributed by atoms with E-state index in [0.29, 0.717) is 13.0 Å². The molecule has 0 aliphatic heterocycles. The molecule has 0 spiro atoms. The molecule has 3 aromatic rings. The largest absolute Gasteiger partial charge is 0.368 e. The molecule has 5 nitrogen and oxygen atoms in total. The van der Waals surface area contributed by atoms with E-state index in [4.69, 9.17) is 5.73 Å². The lowest BCUT2D eigenvalue weighted by Crippen LogP contribution is -2.42. The van der Waals surface area contributed by atoms with Crippen LogP contribution < -0.4 is 11.1 Å². The second-order valence-electron chi connectivity index (χ2n) is 5.93. The molecule has 5 heteroatoms. The zero-order valence-corrected chi connectivity index (χ0v) is 13.5. The number of para-hydroxylation sites is 1. The van der Waals surface area contributed by atoms with Crippen LogP contribution in [0.15, 0.2) is 48.8 Å². The van der Waals surface area contributed by atoms with Gasteiger partial charge < -0.3 is 14.9 Å². The van der Waals surface area contributed by atoms with E-state index in [-0.39, 0.29) is 5.91 Å². The van der Waals surface area contributed by atoms with E-state index >= 15 is 0 Å².